The Bertz CT molecular complexity index is 856. The van der Waals surface area contributed by atoms with Crippen molar-refractivity contribution in [2.75, 3.05) is 37.6 Å². The van der Waals surface area contributed by atoms with Gasteiger partial charge in [-0.3, -0.25) is 9.59 Å². The molecule has 2 amide bonds. The van der Waals surface area contributed by atoms with E-state index in [4.69, 9.17) is 11.6 Å². The molecule has 1 heterocycles. The van der Waals surface area contributed by atoms with E-state index in [0.29, 0.717) is 18.1 Å². The van der Waals surface area contributed by atoms with Gasteiger partial charge in [-0.25, -0.2) is 0 Å². The Morgan fingerprint density at radius 3 is 2.46 bits per heavy atom. The molecule has 0 aromatic heterocycles. The van der Waals surface area contributed by atoms with Crippen molar-refractivity contribution < 1.29 is 9.59 Å². The molecule has 0 aliphatic carbocycles. The Labute approximate surface area is 170 Å². The van der Waals surface area contributed by atoms with Crippen LogP contribution in [0.3, 0.4) is 0 Å². The number of nitrogens with zero attached hydrogens (tertiary/aromatic N) is 2. The Kier molecular flexibility index (Phi) is 6.71. The normalized spacial score (nSPS) is 14.4. The van der Waals surface area contributed by atoms with Gasteiger partial charge in [0.2, 0.25) is 11.8 Å². The first kappa shape index (κ1) is 20.0. The highest BCUT2D eigenvalue weighted by atomic mass is 35.5. The molecule has 5 nitrogen and oxygen atoms in total. The van der Waals surface area contributed by atoms with Crippen molar-refractivity contribution in [3.8, 4) is 0 Å². The Morgan fingerprint density at radius 2 is 1.79 bits per heavy atom. The number of anilines is 1. The van der Waals surface area contributed by atoms with Gasteiger partial charge in [0.25, 0.3) is 0 Å². The molecule has 1 aliphatic heterocycles. The highest BCUT2D eigenvalue weighted by Crippen LogP contribution is 2.19. The van der Waals surface area contributed by atoms with Crippen LogP contribution in [-0.2, 0) is 9.59 Å². The molecule has 2 aromatic rings. The summed E-state index contributed by atoms with van der Waals surface area (Å²) >= 11 is 5.93. The van der Waals surface area contributed by atoms with Gasteiger partial charge in [-0.15, -0.1) is 0 Å². The summed E-state index contributed by atoms with van der Waals surface area (Å²) in [6, 6.07) is 15.6. The second-order valence-electron chi connectivity index (χ2n) is 6.81. The second kappa shape index (κ2) is 9.42. The number of hydrogen-bond donors (Lipinski definition) is 1. The molecule has 0 bridgehead atoms. The van der Waals surface area contributed by atoms with Crippen molar-refractivity contribution in [3.05, 3.63) is 70.8 Å². The molecule has 1 fully saturated rings. The minimum atomic E-state index is -0.269. The molecular weight excluding hydrogens is 374 g/mol. The standard InChI is InChI=1S/C22H24ClN3O2/c1-17-3-2-4-18(15-17)5-10-21(27)24-16-22(28)26-13-11-25(12-14-26)20-8-6-19(23)7-9-20/h2-10,15H,11-14,16H2,1H3,(H,24,27)/b10-5+. The monoisotopic (exact) mass is 397 g/mol. The minimum Gasteiger partial charge on any atom is -0.368 e. The van der Waals surface area contributed by atoms with Crippen LogP contribution in [0.1, 0.15) is 11.1 Å². The highest BCUT2D eigenvalue weighted by molar-refractivity contribution is 6.30. The summed E-state index contributed by atoms with van der Waals surface area (Å²) in [6.07, 6.45) is 3.21. The fraction of sp³-hybridized carbons (Fsp3) is 0.273. The summed E-state index contributed by atoms with van der Waals surface area (Å²) in [4.78, 5) is 28.3. The number of hydrogen-bond acceptors (Lipinski definition) is 3. The topological polar surface area (TPSA) is 52.7 Å². The molecule has 146 valence electrons. The van der Waals surface area contributed by atoms with Crippen molar-refractivity contribution >= 4 is 35.2 Å². The Balaban J connectivity index is 1.43. The lowest BCUT2D eigenvalue weighted by atomic mass is 10.1. The molecule has 6 heteroatoms. The number of piperazine rings is 1. The van der Waals surface area contributed by atoms with Crippen LogP contribution < -0.4 is 10.2 Å². The predicted octanol–water partition coefficient (Wildman–Crippen LogP) is 3.13. The lowest BCUT2D eigenvalue weighted by Gasteiger charge is -2.36. The number of halogens is 1. The maximum Gasteiger partial charge on any atom is 0.244 e. The van der Waals surface area contributed by atoms with E-state index in [1.165, 1.54) is 6.08 Å². The van der Waals surface area contributed by atoms with Crippen LogP contribution in [0, 0.1) is 6.92 Å². The highest BCUT2D eigenvalue weighted by Gasteiger charge is 2.21. The van der Waals surface area contributed by atoms with Gasteiger partial charge in [0, 0.05) is 43.0 Å². The van der Waals surface area contributed by atoms with Gasteiger partial charge in [0.1, 0.15) is 0 Å². The van der Waals surface area contributed by atoms with Gasteiger partial charge in [-0.2, -0.15) is 0 Å². The van der Waals surface area contributed by atoms with Gasteiger partial charge in [0.05, 0.1) is 6.54 Å². The third-order valence-corrected chi connectivity index (χ3v) is 4.96. The van der Waals surface area contributed by atoms with E-state index in [2.05, 4.69) is 10.2 Å². The zero-order chi connectivity index (χ0) is 19.9. The van der Waals surface area contributed by atoms with E-state index in [9.17, 15) is 9.59 Å². The molecule has 2 aromatic carbocycles. The van der Waals surface area contributed by atoms with E-state index in [0.717, 1.165) is 29.9 Å². The largest absolute Gasteiger partial charge is 0.368 e. The van der Waals surface area contributed by atoms with Gasteiger partial charge in [-0.05, 0) is 42.8 Å². The number of carbonyl (C=O) groups excluding carboxylic acids is 2. The first-order valence-corrected chi connectivity index (χ1v) is 9.70. The zero-order valence-electron chi connectivity index (χ0n) is 15.9. The molecule has 3 rings (SSSR count). The minimum absolute atomic E-state index is 0.0118. The molecule has 1 N–H and O–H groups in total. The zero-order valence-corrected chi connectivity index (χ0v) is 16.7. The molecule has 0 unspecified atom stereocenters. The summed E-state index contributed by atoms with van der Waals surface area (Å²) in [7, 11) is 0. The number of amides is 2. The lowest BCUT2D eigenvalue weighted by molar-refractivity contribution is -0.132. The van der Waals surface area contributed by atoms with Crippen LogP contribution in [-0.4, -0.2) is 49.4 Å². The van der Waals surface area contributed by atoms with Crippen LogP contribution >= 0.6 is 11.6 Å². The SMILES string of the molecule is Cc1cccc(/C=C/C(=O)NCC(=O)N2CCN(c3ccc(Cl)cc3)CC2)c1. The van der Waals surface area contributed by atoms with E-state index in [1.807, 2.05) is 55.5 Å². The predicted molar refractivity (Wildman–Crippen MR) is 113 cm³/mol. The summed E-state index contributed by atoms with van der Waals surface area (Å²) in [5.74, 6) is -0.331. The Hall–Kier alpha value is -2.79. The molecule has 0 saturated carbocycles. The van der Waals surface area contributed by atoms with Crippen LogP contribution in [0.25, 0.3) is 6.08 Å². The number of benzene rings is 2. The second-order valence-corrected chi connectivity index (χ2v) is 7.25. The number of nitrogens with one attached hydrogen (secondary N) is 1. The molecule has 1 aliphatic rings. The van der Waals surface area contributed by atoms with Crippen molar-refractivity contribution in [2.45, 2.75) is 6.92 Å². The number of carbonyl (C=O) groups is 2. The summed E-state index contributed by atoms with van der Waals surface area (Å²) in [5.41, 5.74) is 3.20. The van der Waals surface area contributed by atoms with Crippen LogP contribution in [0.4, 0.5) is 5.69 Å². The van der Waals surface area contributed by atoms with Crippen LogP contribution in [0.15, 0.2) is 54.6 Å². The Morgan fingerprint density at radius 1 is 1.07 bits per heavy atom. The molecular formula is C22H24ClN3O2. The average Bonchev–Trinajstić information content (AvgIpc) is 2.71. The van der Waals surface area contributed by atoms with Crippen molar-refractivity contribution in [3.63, 3.8) is 0 Å². The van der Waals surface area contributed by atoms with Gasteiger partial charge < -0.3 is 15.1 Å². The molecule has 1 saturated heterocycles. The quantitative estimate of drug-likeness (QED) is 0.788. The number of rotatable bonds is 5. The maximum absolute atomic E-state index is 12.4. The number of aryl methyl sites for hydroxylation is 1. The van der Waals surface area contributed by atoms with Crippen molar-refractivity contribution in [1.82, 2.24) is 10.2 Å². The molecule has 0 spiro atoms. The van der Waals surface area contributed by atoms with E-state index in [1.54, 1.807) is 11.0 Å². The fourth-order valence-electron chi connectivity index (χ4n) is 3.15. The van der Waals surface area contributed by atoms with Crippen LogP contribution in [0.5, 0.6) is 0 Å². The molecule has 0 radical (unpaired) electrons. The van der Waals surface area contributed by atoms with E-state index >= 15 is 0 Å². The van der Waals surface area contributed by atoms with Crippen molar-refractivity contribution in [1.29, 1.82) is 0 Å². The van der Waals surface area contributed by atoms with Gasteiger partial charge >= 0.3 is 0 Å². The van der Waals surface area contributed by atoms with Gasteiger partial charge in [0.15, 0.2) is 0 Å². The summed E-state index contributed by atoms with van der Waals surface area (Å²) in [5, 5.41) is 3.38. The van der Waals surface area contributed by atoms with Gasteiger partial charge in [-0.1, -0.05) is 41.4 Å². The average molecular weight is 398 g/mol. The third kappa shape index (κ3) is 5.60. The summed E-state index contributed by atoms with van der Waals surface area (Å²) in [6.45, 7) is 4.80. The van der Waals surface area contributed by atoms with Crippen LogP contribution in [0.2, 0.25) is 5.02 Å². The summed E-state index contributed by atoms with van der Waals surface area (Å²) < 4.78 is 0. The third-order valence-electron chi connectivity index (χ3n) is 4.71. The smallest absolute Gasteiger partial charge is 0.244 e. The fourth-order valence-corrected chi connectivity index (χ4v) is 3.27. The first-order valence-electron chi connectivity index (χ1n) is 9.32. The van der Waals surface area contributed by atoms with E-state index in [-0.39, 0.29) is 18.4 Å². The molecule has 0 atom stereocenters. The van der Waals surface area contributed by atoms with Crippen molar-refractivity contribution in [2.24, 2.45) is 0 Å². The first-order chi connectivity index (χ1) is 13.5. The van der Waals surface area contributed by atoms with E-state index < -0.39 is 0 Å². The molecule has 28 heavy (non-hydrogen) atoms. The lowest BCUT2D eigenvalue weighted by Crippen LogP contribution is -2.51. The maximum atomic E-state index is 12.4.